The van der Waals surface area contributed by atoms with Gasteiger partial charge in [0.1, 0.15) is 5.75 Å². The van der Waals surface area contributed by atoms with Gasteiger partial charge >= 0.3 is 0 Å². The van der Waals surface area contributed by atoms with Gasteiger partial charge in [0.05, 0.1) is 6.61 Å². The van der Waals surface area contributed by atoms with Crippen LogP contribution in [0.1, 0.15) is 43.5 Å². The van der Waals surface area contributed by atoms with Gasteiger partial charge in [-0.25, -0.2) is 4.98 Å². The van der Waals surface area contributed by atoms with Gasteiger partial charge in [-0.2, -0.15) is 0 Å². The highest BCUT2D eigenvalue weighted by molar-refractivity contribution is 5.32. The topological polar surface area (TPSA) is 42.4 Å². The van der Waals surface area contributed by atoms with E-state index in [0.29, 0.717) is 5.88 Å². The Balaban J connectivity index is 2.10. The summed E-state index contributed by atoms with van der Waals surface area (Å²) in [5.41, 5.74) is 3.09. The molecular weight excluding hydrogens is 262 g/mol. The molecular formula is C18H23NO2. The van der Waals surface area contributed by atoms with E-state index < -0.39 is 0 Å². The number of aryl methyl sites for hydroxylation is 2. The quantitative estimate of drug-likeness (QED) is 0.826. The second kappa shape index (κ2) is 7.79. The first-order valence-corrected chi connectivity index (χ1v) is 7.62. The number of aromatic nitrogens is 1. The van der Waals surface area contributed by atoms with Gasteiger partial charge < -0.3 is 9.84 Å². The van der Waals surface area contributed by atoms with E-state index in [4.69, 9.17) is 4.74 Å². The van der Waals surface area contributed by atoms with Crippen LogP contribution < -0.4 is 4.74 Å². The summed E-state index contributed by atoms with van der Waals surface area (Å²) in [4.78, 5) is 4.43. The predicted octanol–water partition coefficient (Wildman–Crippen LogP) is 4.27. The Morgan fingerprint density at radius 3 is 2.43 bits per heavy atom. The predicted molar refractivity (Wildman–Crippen MR) is 84.7 cm³/mol. The number of aliphatic hydroxyl groups is 1. The van der Waals surface area contributed by atoms with Gasteiger partial charge in [-0.05, 0) is 48.6 Å². The Hall–Kier alpha value is -1.87. The summed E-state index contributed by atoms with van der Waals surface area (Å²) in [7, 11) is 0. The molecule has 0 unspecified atom stereocenters. The number of ether oxygens (including phenoxy) is 1. The number of benzene rings is 1. The minimum absolute atomic E-state index is 0.00182. The maximum atomic E-state index is 9.28. The third-order valence-electron chi connectivity index (χ3n) is 3.42. The van der Waals surface area contributed by atoms with Gasteiger partial charge in [0.2, 0.25) is 5.88 Å². The standard InChI is InChI=1S/C18H23NO2/c1-3-5-6-14-7-9-17(10-8-14)21-18-12-15(13-20)11-16(4-2)19-18/h7-12,20H,3-6,13H2,1-2H3. The first-order chi connectivity index (χ1) is 10.2. The molecule has 1 N–H and O–H groups in total. The van der Waals surface area contributed by atoms with E-state index in [1.165, 1.54) is 18.4 Å². The van der Waals surface area contributed by atoms with E-state index in [1.54, 1.807) is 6.07 Å². The second-order valence-corrected chi connectivity index (χ2v) is 5.17. The Morgan fingerprint density at radius 2 is 1.81 bits per heavy atom. The zero-order valence-corrected chi connectivity index (χ0v) is 12.8. The number of rotatable bonds is 7. The fraction of sp³-hybridized carbons (Fsp3) is 0.389. The average molecular weight is 285 g/mol. The van der Waals surface area contributed by atoms with Crippen molar-refractivity contribution < 1.29 is 9.84 Å². The molecule has 0 atom stereocenters. The molecule has 0 saturated carbocycles. The third kappa shape index (κ3) is 4.57. The molecule has 2 aromatic rings. The van der Waals surface area contributed by atoms with E-state index in [0.717, 1.165) is 29.8 Å². The fourth-order valence-corrected chi connectivity index (χ4v) is 2.17. The molecule has 21 heavy (non-hydrogen) atoms. The summed E-state index contributed by atoms with van der Waals surface area (Å²) in [6.45, 7) is 4.24. The minimum Gasteiger partial charge on any atom is -0.439 e. The first kappa shape index (κ1) is 15.5. The zero-order chi connectivity index (χ0) is 15.1. The van der Waals surface area contributed by atoms with Gasteiger partial charge in [0.25, 0.3) is 0 Å². The number of pyridine rings is 1. The Kier molecular flexibility index (Phi) is 5.76. The van der Waals surface area contributed by atoms with Crippen LogP contribution in [0.4, 0.5) is 0 Å². The number of aliphatic hydroxyl groups excluding tert-OH is 1. The SMILES string of the molecule is CCCCc1ccc(Oc2cc(CO)cc(CC)n2)cc1. The first-order valence-electron chi connectivity index (χ1n) is 7.62. The van der Waals surface area contributed by atoms with Crippen LogP contribution in [-0.4, -0.2) is 10.1 Å². The van der Waals surface area contributed by atoms with E-state index in [1.807, 2.05) is 25.1 Å². The van der Waals surface area contributed by atoms with Gasteiger partial charge in [-0.1, -0.05) is 32.4 Å². The lowest BCUT2D eigenvalue weighted by Gasteiger charge is -2.09. The molecule has 112 valence electrons. The van der Waals surface area contributed by atoms with Crippen LogP contribution in [0.2, 0.25) is 0 Å². The van der Waals surface area contributed by atoms with Gasteiger partial charge in [-0.15, -0.1) is 0 Å². The average Bonchev–Trinajstić information content (AvgIpc) is 2.53. The Bertz CT molecular complexity index is 542. The Morgan fingerprint density at radius 1 is 1.05 bits per heavy atom. The van der Waals surface area contributed by atoms with Crippen molar-refractivity contribution in [2.45, 2.75) is 46.1 Å². The molecule has 1 aromatic carbocycles. The molecule has 3 nitrogen and oxygen atoms in total. The summed E-state index contributed by atoms with van der Waals surface area (Å²) in [6.07, 6.45) is 4.34. The van der Waals surface area contributed by atoms with Crippen LogP contribution in [0.3, 0.4) is 0 Å². The maximum Gasteiger partial charge on any atom is 0.219 e. The number of unbranched alkanes of at least 4 members (excludes halogenated alkanes) is 1. The molecule has 2 rings (SSSR count). The van der Waals surface area contributed by atoms with Crippen LogP contribution in [0.25, 0.3) is 0 Å². The summed E-state index contributed by atoms with van der Waals surface area (Å²) < 4.78 is 5.80. The molecule has 1 heterocycles. The zero-order valence-electron chi connectivity index (χ0n) is 12.8. The van der Waals surface area contributed by atoms with Gasteiger partial charge in [-0.3, -0.25) is 0 Å². The number of nitrogens with zero attached hydrogens (tertiary/aromatic N) is 1. The van der Waals surface area contributed by atoms with Crippen molar-refractivity contribution in [1.82, 2.24) is 4.98 Å². The van der Waals surface area contributed by atoms with Crippen LogP contribution in [0.5, 0.6) is 11.6 Å². The molecule has 0 amide bonds. The van der Waals surface area contributed by atoms with Crippen molar-refractivity contribution >= 4 is 0 Å². The fourth-order valence-electron chi connectivity index (χ4n) is 2.17. The number of hydrogen-bond donors (Lipinski definition) is 1. The molecule has 0 spiro atoms. The van der Waals surface area contributed by atoms with Crippen molar-refractivity contribution in [3.05, 3.63) is 53.2 Å². The van der Waals surface area contributed by atoms with Crippen LogP contribution in [-0.2, 0) is 19.4 Å². The molecule has 0 saturated heterocycles. The molecule has 0 radical (unpaired) electrons. The minimum atomic E-state index is 0.00182. The Labute approximate surface area is 126 Å². The molecule has 0 aliphatic carbocycles. The van der Waals surface area contributed by atoms with Gasteiger partial charge in [0, 0.05) is 11.8 Å². The van der Waals surface area contributed by atoms with E-state index in [9.17, 15) is 5.11 Å². The summed E-state index contributed by atoms with van der Waals surface area (Å²) in [5.74, 6) is 1.32. The summed E-state index contributed by atoms with van der Waals surface area (Å²) in [6, 6.07) is 11.8. The molecule has 3 heteroatoms. The van der Waals surface area contributed by atoms with Crippen molar-refractivity contribution in [1.29, 1.82) is 0 Å². The molecule has 0 aliphatic rings. The van der Waals surface area contributed by atoms with E-state index in [-0.39, 0.29) is 6.61 Å². The summed E-state index contributed by atoms with van der Waals surface area (Å²) >= 11 is 0. The van der Waals surface area contributed by atoms with Crippen LogP contribution >= 0.6 is 0 Å². The second-order valence-electron chi connectivity index (χ2n) is 5.17. The molecule has 0 bridgehead atoms. The van der Waals surface area contributed by atoms with Crippen molar-refractivity contribution in [3.8, 4) is 11.6 Å². The van der Waals surface area contributed by atoms with Crippen LogP contribution in [0.15, 0.2) is 36.4 Å². The van der Waals surface area contributed by atoms with Crippen molar-refractivity contribution in [2.75, 3.05) is 0 Å². The smallest absolute Gasteiger partial charge is 0.219 e. The molecule has 0 fully saturated rings. The monoisotopic (exact) mass is 285 g/mol. The highest BCUT2D eigenvalue weighted by atomic mass is 16.5. The van der Waals surface area contributed by atoms with E-state index in [2.05, 4.69) is 24.0 Å². The van der Waals surface area contributed by atoms with Crippen molar-refractivity contribution in [2.24, 2.45) is 0 Å². The molecule has 0 aliphatic heterocycles. The highest BCUT2D eigenvalue weighted by Gasteiger charge is 2.04. The number of hydrogen-bond acceptors (Lipinski definition) is 3. The third-order valence-corrected chi connectivity index (χ3v) is 3.42. The lowest BCUT2D eigenvalue weighted by Crippen LogP contribution is -1.96. The normalized spacial score (nSPS) is 10.6. The van der Waals surface area contributed by atoms with Gasteiger partial charge in [0.15, 0.2) is 0 Å². The van der Waals surface area contributed by atoms with Crippen molar-refractivity contribution in [3.63, 3.8) is 0 Å². The molecule has 1 aromatic heterocycles. The maximum absolute atomic E-state index is 9.28. The van der Waals surface area contributed by atoms with Crippen LogP contribution in [0, 0.1) is 0 Å². The van der Waals surface area contributed by atoms with E-state index >= 15 is 0 Å². The largest absolute Gasteiger partial charge is 0.439 e. The summed E-state index contributed by atoms with van der Waals surface area (Å²) in [5, 5.41) is 9.28. The highest BCUT2D eigenvalue weighted by Crippen LogP contribution is 2.22. The lowest BCUT2D eigenvalue weighted by atomic mass is 10.1. The lowest BCUT2D eigenvalue weighted by molar-refractivity contribution is 0.281.